The van der Waals surface area contributed by atoms with Crippen LogP contribution in [0.2, 0.25) is 0 Å². The van der Waals surface area contributed by atoms with E-state index in [4.69, 9.17) is 0 Å². The van der Waals surface area contributed by atoms with Crippen LogP contribution >= 0.6 is 0 Å². The van der Waals surface area contributed by atoms with E-state index in [1.165, 1.54) is 4.90 Å². The Bertz CT molecular complexity index is 1100. The first-order valence-electron chi connectivity index (χ1n) is 12.4. The fraction of sp³-hybridized carbons (Fsp3) is 0.481. The van der Waals surface area contributed by atoms with Gasteiger partial charge in [0.2, 0.25) is 5.91 Å². The van der Waals surface area contributed by atoms with Crippen LogP contribution in [0.25, 0.3) is 0 Å². The van der Waals surface area contributed by atoms with Crippen LogP contribution in [-0.2, 0) is 22.6 Å². The molecule has 3 heterocycles. The number of nitrogens with one attached hydrogen (secondary N) is 1. The molecule has 0 radical (unpaired) electrons. The van der Waals surface area contributed by atoms with Crippen molar-refractivity contribution in [3.05, 3.63) is 65.5 Å². The van der Waals surface area contributed by atoms with Gasteiger partial charge in [-0.2, -0.15) is 0 Å². The fourth-order valence-corrected chi connectivity index (χ4v) is 5.23. The minimum atomic E-state index is -1.02. The predicted molar refractivity (Wildman–Crippen MR) is 129 cm³/mol. The highest BCUT2D eigenvalue weighted by atomic mass is 19.1. The van der Waals surface area contributed by atoms with Crippen LogP contribution < -0.4 is 5.32 Å². The van der Waals surface area contributed by atoms with E-state index in [9.17, 15) is 23.2 Å². The highest BCUT2D eigenvalue weighted by Gasteiger charge is 2.55. The molecule has 0 aliphatic carbocycles. The molecule has 0 saturated carbocycles. The first-order chi connectivity index (χ1) is 17.2. The maximum absolute atomic E-state index is 13.7. The molecule has 36 heavy (non-hydrogen) atoms. The number of hydrogen-bond acceptors (Lipinski definition) is 4. The van der Waals surface area contributed by atoms with Crippen LogP contribution in [0.5, 0.6) is 0 Å². The van der Waals surface area contributed by atoms with Crippen LogP contribution in [0.1, 0.15) is 50.8 Å². The average Bonchev–Trinajstić information content (AvgIpc) is 3.08. The van der Waals surface area contributed by atoms with Gasteiger partial charge in [0.15, 0.2) is 0 Å². The molecule has 0 spiro atoms. The number of piperidine rings is 1. The molecule has 2 aromatic rings. The summed E-state index contributed by atoms with van der Waals surface area (Å²) in [7, 11) is 0. The normalized spacial score (nSPS) is 20.8. The number of amides is 4. The van der Waals surface area contributed by atoms with Crippen LogP contribution in [0.3, 0.4) is 0 Å². The smallest absolute Gasteiger partial charge is 0.325 e. The zero-order chi connectivity index (χ0) is 25.9. The SMILES string of the molecule is CC(C)CC[C@]1(C2CCN(C(=O)Cc3cc(F)cc(F)c3)CC2)NC(=O)N(Cc2ccccn2)C1=O. The summed E-state index contributed by atoms with van der Waals surface area (Å²) in [4.78, 5) is 46.7. The minimum Gasteiger partial charge on any atom is -0.342 e. The van der Waals surface area contributed by atoms with Crippen molar-refractivity contribution in [2.75, 3.05) is 13.1 Å². The third-order valence-electron chi connectivity index (χ3n) is 7.19. The topological polar surface area (TPSA) is 82.6 Å². The third-order valence-corrected chi connectivity index (χ3v) is 7.19. The highest BCUT2D eigenvalue weighted by molar-refractivity contribution is 6.07. The van der Waals surface area contributed by atoms with Gasteiger partial charge in [-0.15, -0.1) is 0 Å². The number of hydrogen-bond donors (Lipinski definition) is 1. The third kappa shape index (κ3) is 5.55. The van der Waals surface area contributed by atoms with E-state index in [-0.39, 0.29) is 36.3 Å². The second-order valence-electron chi connectivity index (χ2n) is 10.2. The van der Waals surface area contributed by atoms with E-state index in [1.54, 1.807) is 23.2 Å². The number of halogens is 2. The van der Waals surface area contributed by atoms with Gasteiger partial charge in [-0.25, -0.2) is 13.6 Å². The maximum atomic E-state index is 13.7. The number of benzene rings is 1. The summed E-state index contributed by atoms with van der Waals surface area (Å²) in [6, 6.07) is 8.07. The zero-order valence-electron chi connectivity index (χ0n) is 20.7. The molecule has 1 atom stereocenters. The minimum absolute atomic E-state index is 0.0919. The summed E-state index contributed by atoms with van der Waals surface area (Å²) in [6.45, 7) is 5.09. The number of carbonyl (C=O) groups excluding carboxylic acids is 3. The van der Waals surface area contributed by atoms with Crippen LogP contribution in [0, 0.1) is 23.5 Å². The first kappa shape index (κ1) is 25.7. The molecule has 192 valence electrons. The standard InChI is InChI=1S/C27H32F2N4O3/c1-18(2)6-9-27(25(35)33(26(36)31-27)17-23-5-3-4-10-30-23)20-7-11-32(12-8-20)24(34)15-19-13-21(28)16-22(29)14-19/h3-5,10,13-14,16,18,20H,6-9,11-12,15,17H2,1-2H3,(H,31,36)/t27-/m1/s1. The molecule has 4 amide bonds. The molecule has 0 bridgehead atoms. The van der Waals surface area contributed by atoms with Gasteiger partial charge in [-0.1, -0.05) is 19.9 Å². The molecule has 1 aromatic heterocycles. The number of imide groups is 1. The first-order valence-corrected chi connectivity index (χ1v) is 12.4. The maximum Gasteiger partial charge on any atom is 0.325 e. The summed E-state index contributed by atoms with van der Waals surface area (Å²) in [5.74, 6) is -1.66. The van der Waals surface area contributed by atoms with Crippen molar-refractivity contribution in [2.24, 2.45) is 11.8 Å². The molecule has 2 aliphatic rings. The Morgan fingerprint density at radius 3 is 2.44 bits per heavy atom. The number of carbonyl (C=O) groups is 3. The Kier molecular flexibility index (Phi) is 7.66. The Labute approximate surface area is 209 Å². The van der Waals surface area contributed by atoms with E-state index < -0.39 is 23.2 Å². The van der Waals surface area contributed by atoms with Crippen LogP contribution in [0.4, 0.5) is 13.6 Å². The number of likely N-dealkylation sites (tertiary alicyclic amines) is 1. The monoisotopic (exact) mass is 498 g/mol. The molecule has 2 aliphatic heterocycles. The highest BCUT2D eigenvalue weighted by Crippen LogP contribution is 2.38. The van der Waals surface area contributed by atoms with Crippen LogP contribution in [0.15, 0.2) is 42.6 Å². The van der Waals surface area contributed by atoms with Crippen molar-refractivity contribution in [2.45, 2.75) is 58.0 Å². The molecule has 7 nitrogen and oxygen atoms in total. The Morgan fingerprint density at radius 2 is 1.83 bits per heavy atom. The molecule has 2 fully saturated rings. The van der Waals surface area contributed by atoms with Gasteiger partial charge < -0.3 is 10.2 Å². The van der Waals surface area contributed by atoms with Crippen LogP contribution in [-0.4, -0.2) is 51.3 Å². The molecule has 4 rings (SSSR count). The predicted octanol–water partition coefficient (Wildman–Crippen LogP) is 4.07. The van der Waals surface area contributed by atoms with Crippen molar-refractivity contribution in [1.29, 1.82) is 0 Å². The van der Waals surface area contributed by atoms with Crippen molar-refractivity contribution < 1.29 is 23.2 Å². The molecule has 9 heteroatoms. The lowest BCUT2D eigenvalue weighted by Gasteiger charge is -2.41. The molecule has 0 unspecified atom stereocenters. The average molecular weight is 499 g/mol. The number of pyridine rings is 1. The number of urea groups is 1. The van der Waals surface area contributed by atoms with Gasteiger partial charge in [0, 0.05) is 25.4 Å². The second-order valence-corrected chi connectivity index (χ2v) is 10.2. The quantitative estimate of drug-likeness (QED) is 0.557. The zero-order valence-corrected chi connectivity index (χ0v) is 20.7. The lowest BCUT2D eigenvalue weighted by atomic mass is 9.73. The summed E-state index contributed by atoms with van der Waals surface area (Å²) in [5.41, 5.74) is -0.0944. The van der Waals surface area contributed by atoms with Crippen molar-refractivity contribution in [1.82, 2.24) is 20.1 Å². The van der Waals surface area contributed by atoms with E-state index in [0.717, 1.165) is 24.6 Å². The van der Waals surface area contributed by atoms with Crippen molar-refractivity contribution in [3.63, 3.8) is 0 Å². The number of aromatic nitrogens is 1. The number of nitrogens with zero attached hydrogens (tertiary/aromatic N) is 3. The fourth-order valence-electron chi connectivity index (χ4n) is 5.23. The van der Waals surface area contributed by atoms with Gasteiger partial charge >= 0.3 is 6.03 Å². The lowest BCUT2D eigenvalue weighted by Crippen LogP contribution is -2.56. The number of rotatable bonds is 8. The molecule has 1 aromatic carbocycles. The molecule has 2 saturated heterocycles. The molecule has 1 N–H and O–H groups in total. The van der Waals surface area contributed by atoms with E-state index >= 15 is 0 Å². The lowest BCUT2D eigenvalue weighted by molar-refractivity contribution is -0.136. The van der Waals surface area contributed by atoms with Gasteiger partial charge in [0.25, 0.3) is 5.91 Å². The summed E-state index contributed by atoms with van der Waals surface area (Å²) in [5, 5.41) is 3.03. The van der Waals surface area contributed by atoms with Gasteiger partial charge in [0.1, 0.15) is 17.2 Å². The molecular formula is C27H32F2N4O3. The van der Waals surface area contributed by atoms with E-state index in [0.29, 0.717) is 44.0 Å². The Hall–Kier alpha value is -3.36. The summed E-state index contributed by atoms with van der Waals surface area (Å²) < 4.78 is 27.0. The van der Waals surface area contributed by atoms with E-state index in [1.807, 2.05) is 6.07 Å². The second kappa shape index (κ2) is 10.7. The molecular weight excluding hydrogens is 466 g/mol. The summed E-state index contributed by atoms with van der Waals surface area (Å²) >= 11 is 0. The van der Waals surface area contributed by atoms with Gasteiger partial charge in [-0.05, 0) is 67.3 Å². The largest absolute Gasteiger partial charge is 0.342 e. The summed E-state index contributed by atoms with van der Waals surface area (Å²) in [6.07, 6.45) is 3.93. The van der Waals surface area contributed by atoms with E-state index in [2.05, 4.69) is 24.1 Å². The Balaban J connectivity index is 1.46. The Morgan fingerprint density at radius 1 is 1.14 bits per heavy atom. The van der Waals surface area contributed by atoms with Crippen molar-refractivity contribution in [3.8, 4) is 0 Å². The van der Waals surface area contributed by atoms with Gasteiger partial charge in [0.05, 0.1) is 18.7 Å². The van der Waals surface area contributed by atoms with Crippen molar-refractivity contribution >= 4 is 17.8 Å². The van der Waals surface area contributed by atoms with Gasteiger partial charge in [-0.3, -0.25) is 19.5 Å².